The fraction of sp³-hybridized carbons (Fsp3) is 0.550. The predicted molar refractivity (Wildman–Crippen MR) is 88.8 cm³/mol. The van der Waals surface area contributed by atoms with Crippen molar-refractivity contribution in [3.8, 4) is 0 Å². The highest BCUT2D eigenvalue weighted by Crippen LogP contribution is 2.48. The molecular weight excluding hydrogens is 272 g/mol. The molecule has 0 saturated carbocycles. The van der Waals surface area contributed by atoms with Crippen molar-refractivity contribution in [1.82, 2.24) is 0 Å². The molecule has 2 nitrogen and oxygen atoms in total. The Morgan fingerprint density at radius 2 is 1.95 bits per heavy atom. The van der Waals surface area contributed by atoms with E-state index in [1.807, 2.05) is 0 Å². The first-order valence-corrected chi connectivity index (χ1v) is 8.69. The van der Waals surface area contributed by atoms with Gasteiger partial charge in [-0.25, -0.2) is 0 Å². The van der Waals surface area contributed by atoms with Gasteiger partial charge in [0, 0.05) is 6.42 Å². The van der Waals surface area contributed by atoms with E-state index in [1.165, 1.54) is 18.4 Å². The van der Waals surface area contributed by atoms with Crippen LogP contribution in [-0.2, 0) is 21.6 Å². The highest BCUT2D eigenvalue weighted by atomic mass is 16.5. The van der Waals surface area contributed by atoms with Crippen LogP contribution in [-0.4, -0.2) is 11.9 Å². The highest BCUT2D eigenvalue weighted by molar-refractivity contribution is 5.85. The van der Waals surface area contributed by atoms with Gasteiger partial charge in [-0.2, -0.15) is 0 Å². The average Bonchev–Trinajstić information content (AvgIpc) is 2.90. The number of aryl methyl sites for hydroxylation is 1. The molecule has 2 aliphatic rings. The second-order valence-electron chi connectivity index (χ2n) is 6.58. The summed E-state index contributed by atoms with van der Waals surface area (Å²) in [5.41, 5.74) is 1.95. The number of carbonyl (C=O) groups excluding carboxylic acids is 1. The standard InChI is InChI=1S/C20H26O2/c1-3-5-6-7-18-19(21)14-17-12-13-20(18,22-17)16-10-8-15(4-2)9-11-16/h8-13,17-18H,3-7,14H2,1-2H3. The number of carbonyl (C=O) groups is 1. The van der Waals surface area contributed by atoms with Crippen molar-refractivity contribution in [2.75, 3.05) is 0 Å². The molecule has 2 heterocycles. The van der Waals surface area contributed by atoms with E-state index >= 15 is 0 Å². The van der Waals surface area contributed by atoms with Crippen molar-refractivity contribution in [2.45, 2.75) is 64.1 Å². The summed E-state index contributed by atoms with van der Waals surface area (Å²) < 4.78 is 6.33. The molecule has 0 radical (unpaired) electrons. The first-order valence-electron chi connectivity index (χ1n) is 8.69. The van der Waals surface area contributed by atoms with E-state index in [0.717, 1.165) is 24.8 Å². The van der Waals surface area contributed by atoms with E-state index in [1.54, 1.807) is 0 Å². The van der Waals surface area contributed by atoms with E-state index in [-0.39, 0.29) is 12.0 Å². The normalized spacial score (nSPS) is 30.0. The van der Waals surface area contributed by atoms with Crippen molar-refractivity contribution < 1.29 is 9.53 Å². The molecule has 0 spiro atoms. The molecule has 1 aromatic rings. The third-order valence-corrected chi connectivity index (χ3v) is 5.12. The second-order valence-corrected chi connectivity index (χ2v) is 6.58. The monoisotopic (exact) mass is 298 g/mol. The Labute approximate surface area is 133 Å². The summed E-state index contributed by atoms with van der Waals surface area (Å²) in [6, 6.07) is 8.63. The molecule has 0 aromatic heterocycles. The number of ketones is 1. The van der Waals surface area contributed by atoms with Gasteiger partial charge < -0.3 is 4.74 Å². The van der Waals surface area contributed by atoms with Gasteiger partial charge in [-0.15, -0.1) is 0 Å². The number of hydrogen-bond donors (Lipinski definition) is 0. The summed E-state index contributed by atoms with van der Waals surface area (Å²) >= 11 is 0. The molecule has 0 aliphatic carbocycles. The molecule has 118 valence electrons. The zero-order valence-electron chi connectivity index (χ0n) is 13.7. The Hall–Kier alpha value is -1.41. The van der Waals surface area contributed by atoms with Crippen LogP contribution in [0.4, 0.5) is 0 Å². The Bertz CT molecular complexity index is 558. The summed E-state index contributed by atoms with van der Waals surface area (Å²) in [7, 11) is 0. The van der Waals surface area contributed by atoms with Crippen LogP contribution >= 0.6 is 0 Å². The fourth-order valence-corrected chi connectivity index (χ4v) is 3.81. The van der Waals surface area contributed by atoms with Crippen molar-refractivity contribution in [3.05, 3.63) is 47.5 Å². The van der Waals surface area contributed by atoms with Gasteiger partial charge in [0.25, 0.3) is 0 Å². The number of rotatable bonds is 6. The lowest BCUT2D eigenvalue weighted by atomic mass is 9.75. The number of unbranched alkanes of at least 4 members (excludes halogenated alkanes) is 2. The van der Waals surface area contributed by atoms with E-state index in [2.05, 4.69) is 50.3 Å². The van der Waals surface area contributed by atoms with Crippen LogP contribution in [0.5, 0.6) is 0 Å². The molecule has 1 saturated heterocycles. The Balaban J connectivity index is 1.91. The van der Waals surface area contributed by atoms with Crippen LogP contribution in [0.2, 0.25) is 0 Å². The maximum atomic E-state index is 12.6. The SMILES string of the molecule is CCCCCC1C(=O)CC2C=CC1(c1ccc(CC)cc1)O2. The lowest BCUT2D eigenvalue weighted by molar-refractivity contribution is -0.153. The zero-order chi connectivity index (χ0) is 15.6. The Morgan fingerprint density at radius 1 is 1.18 bits per heavy atom. The third-order valence-electron chi connectivity index (χ3n) is 5.12. The molecule has 2 heteroatoms. The van der Waals surface area contributed by atoms with Crippen LogP contribution in [0, 0.1) is 5.92 Å². The van der Waals surface area contributed by atoms with Crippen molar-refractivity contribution in [3.63, 3.8) is 0 Å². The Kier molecular flexibility index (Phi) is 4.49. The minimum atomic E-state index is -0.514. The van der Waals surface area contributed by atoms with Crippen LogP contribution in [0.15, 0.2) is 36.4 Å². The highest BCUT2D eigenvalue weighted by Gasteiger charge is 2.51. The van der Waals surface area contributed by atoms with E-state index in [9.17, 15) is 4.79 Å². The second kappa shape index (κ2) is 6.37. The lowest BCUT2D eigenvalue weighted by Crippen LogP contribution is -2.45. The minimum Gasteiger partial charge on any atom is -0.358 e. The largest absolute Gasteiger partial charge is 0.358 e. The van der Waals surface area contributed by atoms with Crippen molar-refractivity contribution >= 4 is 5.78 Å². The smallest absolute Gasteiger partial charge is 0.142 e. The molecule has 2 bridgehead atoms. The average molecular weight is 298 g/mol. The van der Waals surface area contributed by atoms with Crippen LogP contribution in [0.3, 0.4) is 0 Å². The van der Waals surface area contributed by atoms with Gasteiger partial charge in [0.05, 0.1) is 12.0 Å². The maximum Gasteiger partial charge on any atom is 0.142 e. The number of benzene rings is 1. The summed E-state index contributed by atoms with van der Waals surface area (Å²) in [6.45, 7) is 4.36. The van der Waals surface area contributed by atoms with Crippen LogP contribution in [0.25, 0.3) is 0 Å². The van der Waals surface area contributed by atoms with Crippen molar-refractivity contribution in [1.29, 1.82) is 0 Å². The van der Waals surface area contributed by atoms with Gasteiger partial charge in [-0.3, -0.25) is 4.79 Å². The number of Topliss-reactive ketones (excluding diaryl/α,β-unsaturated/α-hetero) is 1. The summed E-state index contributed by atoms with van der Waals surface area (Å²) in [5.74, 6) is 0.346. The predicted octanol–water partition coefficient (Wildman–Crippen LogP) is 4.57. The van der Waals surface area contributed by atoms with Gasteiger partial charge in [-0.05, 0) is 30.0 Å². The van der Waals surface area contributed by atoms with Gasteiger partial charge >= 0.3 is 0 Å². The quantitative estimate of drug-likeness (QED) is 0.568. The molecule has 0 N–H and O–H groups in total. The molecule has 0 amide bonds. The molecule has 3 unspecified atom stereocenters. The van der Waals surface area contributed by atoms with Gasteiger partial charge in [0.15, 0.2) is 0 Å². The van der Waals surface area contributed by atoms with Gasteiger partial charge in [0.1, 0.15) is 11.4 Å². The topological polar surface area (TPSA) is 26.3 Å². The van der Waals surface area contributed by atoms with Crippen LogP contribution < -0.4 is 0 Å². The van der Waals surface area contributed by atoms with Crippen molar-refractivity contribution in [2.24, 2.45) is 5.92 Å². The molecule has 1 fully saturated rings. The number of ether oxygens (including phenoxy) is 1. The van der Waals surface area contributed by atoms with E-state index < -0.39 is 5.60 Å². The van der Waals surface area contributed by atoms with Crippen LogP contribution in [0.1, 0.15) is 57.1 Å². The summed E-state index contributed by atoms with van der Waals surface area (Å²) in [4.78, 5) is 12.6. The summed E-state index contributed by atoms with van der Waals surface area (Å²) in [6.07, 6.45) is 10.2. The first kappa shape index (κ1) is 15.5. The first-order chi connectivity index (χ1) is 10.7. The van der Waals surface area contributed by atoms with Gasteiger partial charge in [0.2, 0.25) is 0 Å². The Morgan fingerprint density at radius 3 is 2.64 bits per heavy atom. The molecular formula is C20H26O2. The molecule has 2 aliphatic heterocycles. The molecule has 1 aromatic carbocycles. The van der Waals surface area contributed by atoms with Gasteiger partial charge in [-0.1, -0.05) is 63.5 Å². The summed E-state index contributed by atoms with van der Waals surface area (Å²) in [5, 5.41) is 0. The zero-order valence-corrected chi connectivity index (χ0v) is 13.7. The van der Waals surface area contributed by atoms with E-state index in [0.29, 0.717) is 12.2 Å². The fourth-order valence-electron chi connectivity index (χ4n) is 3.81. The third kappa shape index (κ3) is 2.65. The molecule has 22 heavy (non-hydrogen) atoms. The lowest BCUT2D eigenvalue weighted by Gasteiger charge is -2.40. The number of hydrogen-bond acceptors (Lipinski definition) is 2. The maximum absolute atomic E-state index is 12.6. The molecule has 3 atom stereocenters. The number of fused-ring (bicyclic) bond motifs is 2. The molecule has 3 rings (SSSR count). The minimum absolute atomic E-state index is 0.0264. The van der Waals surface area contributed by atoms with E-state index in [4.69, 9.17) is 4.74 Å².